The minimum absolute atomic E-state index is 0.00262. The molecule has 184 valence electrons. The van der Waals surface area contributed by atoms with Crippen LogP contribution in [0.4, 0.5) is 0 Å². The SMILES string of the molecule is [N-]=[N+]=NC[C@H]1O[C@@H](Sc2ccccc2)[C@H](OCc2ccccc2)[C@@H](OCc2ccccc2)[C@@H]1N=[N+]=[N-]. The Balaban J connectivity index is 1.66. The lowest BCUT2D eigenvalue weighted by molar-refractivity contribution is -0.189. The first kappa shape index (κ1) is 25.6. The van der Waals surface area contributed by atoms with Gasteiger partial charge in [-0.2, -0.15) is 0 Å². The third kappa shape index (κ3) is 7.02. The highest BCUT2D eigenvalue weighted by atomic mass is 32.2. The molecule has 3 aromatic carbocycles. The van der Waals surface area contributed by atoms with Gasteiger partial charge in [-0.1, -0.05) is 101 Å². The second kappa shape index (κ2) is 13.6. The molecule has 0 aliphatic carbocycles. The maximum atomic E-state index is 9.36. The van der Waals surface area contributed by atoms with Gasteiger partial charge in [-0.05, 0) is 34.3 Å². The Labute approximate surface area is 213 Å². The van der Waals surface area contributed by atoms with Gasteiger partial charge in [0.05, 0.1) is 38.0 Å². The molecule has 10 heteroatoms. The number of hydrogen-bond donors (Lipinski definition) is 0. The van der Waals surface area contributed by atoms with Crippen molar-refractivity contribution in [1.29, 1.82) is 0 Å². The molecule has 0 aromatic heterocycles. The van der Waals surface area contributed by atoms with Crippen LogP contribution >= 0.6 is 11.8 Å². The van der Waals surface area contributed by atoms with Crippen molar-refractivity contribution in [1.82, 2.24) is 0 Å². The van der Waals surface area contributed by atoms with E-state index in [0.29, 0.717) is 13.2 Å². The van der Waals surface area contributed by atoms with E-state index < -0.39 is 29.8 Å². The summed E-state index contributed by atoms with van der Waals surface area (Å²) in [5.41, 5.74) is 19.8. The van der Waals surface area contributed by atoms with Gasteiger partial charge in [-0.15, -0.1) is 0 Å². The maximum absolute atomic E-state index is 9.36. The van der Waals surface area contributed by atoms with Gasteiger partial charge in [-0.3, -0.25) is 0 Å². The minimum Gasteiger partial charge on any atom is -0.370 e. The summed E-state index contributed by atoms with van der Waals surface area (Å²) in [7, 11) is 0. The number of benzene rings is 3. The Bertz CT molecular complexity index is 1170. The Morgan fingerprint density at radius 3 is 1.86 bits per heavy atom. The van der Waals surface area contributed by atoms with Crippen LogP contribution in [-0.2, 0) is 27.4 Å². The molecule has 1 aliphatic rings. The van der Waals surface area contributed by atoms with Crippen molar-refractivity contribution in [2.45, 2.75) is 47.9 Å². The monoisotopic (exact) mass is 502 g/mol. The maximum Gasteiger partial charge on any atom is 0.136 e. The second-order valence-electron chi connectivity index (χ2n) is 8.11. The zero-order valence-electron chi connectivity index (χ0n) is 19.5. The average molecular weight is 503 g/mol. The van der Waals surface area contributed by atoms with Crippen LogP contribution in [0.3, 0.4) is 0 Å². The number of ether oxygens (including phenoxy) is 3. The molecule has 4 rings (SSSR count). The molecule has 0 bridgehead atoms. The normalized spacial score (nSPS) is 23.3. The summed E-state index contributed by atoms with van der Waals surface area (Å²) in [6, 6.07) is 28.7. The largest absolute Gasteiger partial charge is 0.370 e. The van der Waals surface area contributed by atoms with Gasteiger partial charge in [0.25, 0.3) is 0 Å². The van der Waals surface area contributed by atoms with Gasteiger partial charge in [0.15, 0.2) is 0 Å². The summed E-state index contributed by atoms with van der Waals surface area (Å²) >= 11 is 1.49. The van der Waals surface area contributed by atoms with E-state index >= 15 is 0 Å². The van der Waals surface area contributed by atoms with Gasteiger partial charge in [-0.25, -0.2) is 0 Å². The van der Waals surface area contributed by atoms with Crippen LogP contribution in [0.25, 0.3) is 20.9 Å². The van der Waals surface area contributed by atoms with Gasteiger partial charge in [0, 0.05) is 14.7 Å². The van der Waals surface area contributed by atoms with Gasteiger partial charge >= 0.3 is 0 Å². The molecule has 1 fully saturated rings. The summed E-state index contributed by atoms with van der Waals surface area (Å²) < 4.78 is 19.2. The molecule has 3 aromatic rings. The van der Waals surface area contributed by atoms with Gasteiger partial charge < -0.3 is 14.2 Å². The molecule has 0 N–H and O–H groups in total. The lowest BCUT2D eigenvalue weighted by Gasteiger charge is -2.44. The predicted octanol–water partition coefficient (Wildman–Crippen LogP) is 6.66. The van der Waals surface area contributed by atoms with Gasteiger partial charge in [0.1, 0.15) is 11.5 Å². The van der Waals surface area contributed by atoms with E-state index in [1.165, 1.54) is 11.8 Å². The Hall–Kier alpha value is -3.49. The Kier molecular flexibility index (Phi) is 9.64. The van der Waals surface area contributed by atoms with E-state index in [4.69, 9.17) is 19.7 Å². The van der Waals surface area contributed by atoms with Crippen molar-refractivity contribution in [2.75, 3.05) is 6.54 Å². The molecule has 0 amide bonds. The Morgan fingerprint density at radius 1 is 0.750 bits per heavy atom. The van der Waals surface area contributed by atoms with Crippen LogP contribution in [0.5, 0.6) is 0 Å². The quantitative estimate of drug-likeness (QED) is 0.165. The smallest absolute Gasteiger partial charge is 0.136 e. The van der Waals surface area contributed by atoms with Crippen LogP contribution in [0.1, 0.15) is 11.1 Å². The fourth-order valence-electron chi connectivity index (χ4n) is 3.99. The minimum atomic E-state index is -0.752. The lowest BCUT2D eigenvalue weighted by atomic mass is 9.97. The fraction of sp³-hybridized carbons (Fsp3) is 0.308. The van der Waals surface area contributed by atoms with Crippen LogP contribution < -0.4 is 0 Å². The molecular weight excluding hydrogens is 476 g/mol. The number of thioether (sulfide) groups is 1. The van der Waals surface area contributed by atoms with E-state index in [2.05, 4.69) is 20.1 Å². The lowest BCUT2D eigenvalue weighted by Crippen LogP contribution is -2.58. The van der Waals surface area contributed by atoms with Crippen molar-refractivity contribution < 1.29 is 14.2 Å². The first-order valence-corrected chi connectivity index (χ1v) is 12.4. The topological polar surface area (TPSA) is 125 Å². The van der Waals surface area contributed by atoms with Gasteiger partial charge in [0.2, 0.25) is 0 Å². The van der Waals surface area contributed by atoms with Crippen LogP contribution in [0.2, 0.25) is 0 Å². The van der Waals surface area contributed by atoms with E-state index in [0.717, 1.165) is 16.0 Å². The van der Waals surface area contributed by atoms with Crippen molar-refractivity contribution in [3.8, 4) is 0 Å². The standard InChI is InChI=1S/C26H26N6O3S/c27-31-29-16-22-23(30-32-28)24(33-17-19-10-4-1-5-11-19)25(34-18-20-12-6-2-7-13-20)26(35-22)36-21-14-8-3-9-15-21/h1-15,22-26H,16-18H2/t22-,23-,24+,25-,26+/m1/s1. The third-order valence-electron chi connectivity index (χ3n) is 5.69. The number of rotatable bonds is 11. The zero-order valence-corrected chi connectivity index (χ0v) is 20.3. The molecule has 5 atom stereocenters. The molecule has 0 unspecified atom stereocenters. The molecule has 0 spiro atoms. The summed E-state index contributed by atoms with van der Waals surface area (Å²) in [5, 5.41) is 7.72. The highest BCUT2D eigenvalue weighted by molar-refractivity contribution is 7.99. The first-order valence-electron chi connectivity index (χ1n) is 11.5. The van der Waals surface area contributed by atoms with Crippen LogP contribution in [-0.4, -0.2) is 36.3 Å². The molecule has 36 heavy (non-hydrogen) atoms. The van der Waals surface area contributed by atoms with Crippen molar-refractivity contribution in [3.63, 3.8) is 0 Å². The van der Waals surface area contributed by atoms with E-state index in [1.807, 2.05) is 91.0 Å². The van der Waals surface area contributed by atoms with E-state index in [9.17, 15) is 5.53 Å². The first-order chi connectivity index (χ1) is 17.8. The molecule has 9 nitrogen and oxygen atoms in total. The van der Waals surface area contributed by atoms with Crippen molar-refractivity contribution in [3.05, 3.63) is 123 Å². The van der Waals surface area contributed by atoms with Crippen LogP contribution in [0.15, 0.2) is 106 Å². The molecule has 1 aliphatic heterocycles. The molecular formula is C26H26N6O3S. The molecule has 0 saturated carbocycles. The number of azide groups is 2. The second-order valence-corrected chi connectivity index (χ2v) is 9.28. The third-order valence-corrected chi connectivity index (χ3v) is 6.85. The van der Waals surface area contributed by atoms with E-state index in [1.54, 1.807) is 0 Å². The summed E-state index contributed by atoms with van der Waals surface area (Å²) in [6.45, 7) is 0.629. The predicted molar refractivity (Wildman–Crippen MR) is 138 cm³/mol. The zero-order chi connectivity index (χ0) is 25.0. The summed E-state index contributed by atoms with van der Waals surface area (Å²) in [4.78, 5) is 6.92. The Morgan fingerprint density at radius 2 is 1.31 bits per heavy atom. The number of hydrogen-bond acceptors (Lipinski definition) is 6. The van der Waals surface area contributed by atoms with Crippen molar-refractivity contribution in [2.24, 2.45) is 10.2 Å². The molecule has 0 radical (unpaired) electrons. The molecule has 1 heterocycles. The average Bonchev–Trinajstić information content (AvgIpc) is 2.93. The van der Waals surface area contributed by atoms with E-state index in [-0.39, 0.29) is 6.54 Å². The van der Waals surface area contributed by atoms with Crippen molar-refractivity contribution >= 4 is 11.8 Å². The number of nitrogens with zero attached hydrogens (tertiary/aromatic N) is 6. The van der Waals surface area contributed by atoms with Crippen LogP contribution in [0, 0.1) is 0 Å². The molecule has 1 saturated heterocycles. The summed E-state index contributed by atoms with van der Waals surface area (Å²) in [6.07, 6.45) is -1.88. The highest BCUT2D eigenvalue weighted by Crippen LogP contribution is 2.38. The highest BCUT2D eigenvalue weighted by Gasteiger charge is 2.47. The summed E-state index contributed by atoms with van der Waals surface area (Å²) in [5.74, 6) is 0. The fourth-order valence-corrected chi connectivity index (χ4v) is 5.14.